The first-order chi connectivity index (χ1) is 8.58. The maximum Gasteiger partial charge on any atom is 0.126 e. The van der Waals surface area contributed by atoms with Gasteiger partial charge < -0.3 is 9.84 Å². The van der Waals surface area contributed by atoms with Gasteiger partial charge >= 0.3 is 0 Å². The second kappa shape index (κ2) is 7.44. The van der Waals surface area contributed by atoms with Gasteiger partial charge in [0.15, 0.2) is 0 Å². The molecule has 1 aromatic carbocycles. The van der Waals surface area contributed by atoms with E-state index in [1.807, 2.05) is 13.8 Å². The summed E-state index contributed by atoms with van der Waals surface area (Å²) < 4.78 is 31.9. The predicted octanol–water partition coefficient (Wildman–Crippen LogP) is 3.07. The van der Waals surface area contributed by atoms with Crippen molar-refractivity contribution in [1.82, 2.24) is 0 Å². The Bertz CT molecular complexity index is 363. The number of halogens is 2. The Morgan fingerprint density at radius 2 is 2.00 bits per heavy atom. The van der Waals surface area contributed by atoms with Gasteiger partial charge in [0.1, 0.15) is 11.6 Å². The number of benzene rings is 1. The van der Waals surface area contributed by atoms with Gasteiger partial charge in [-0.3, -0.25) is 0 Å². The van der Waals surface area contributed by atoms with Crippen LogP contribution in [0.5, 0.6) is 0 Å². The molecule has 1 N–H and O–H groups in total. The van der Waals surface area contributed by atoms with Crippen molar-refractivity contribution in [3.63, 3.8) is 0 Å². The van der Waals surface area contributed by atoms with Crippen LogP contribution in [0.2, 0.25) is 0 Å². The molecule has 18 heavy (non-hydrogen) atoms. The van der Waals surface area contributed by atoms with Gasteiger partial charge in [0.25, 0.3) is 0 Å². The van der Waals surface area contributed by atoms with E-state index < -0.39 is 17.7 Å². The minimum absolute atomic E-state index is 0.0637. The molecule has 0 saturated heterocycles. The van der Waals surface area contributed by atoms with Crippen LogP contribution in [-0.4, -0.2) is 23.9 Å². The van der Waals surface area contributed by atoms with Crippen molar-refractivity contribution in [1.29, 1.82) is 0 Å². The van der Waals surface area contributed by atoms with Crippen molar-refractivity contribution < 1.29 is 18.6 Å². The molecule has 1 rings (SSSR count). The highest BCUT2D eigenvalue weighted by molar-refractivity contribution is 5.19. The Morgan fingerprint density at radius 1 is 1.28 bits per heavy atom. The number of aliphatic hydroxyl groups is 1. The zero-order chi connectivity index (χ0) is 13.5. The second-order valence-electron chi connectivity index (χ2n) is 4.29. The lowest BCUT2D eigenvalue weighted by atomic mass is 10.0. The Labute approximate surface area is 107 Å². The summed E-state index contributed by atoms with van der Waals surface area (Å²) in [5, 5.41) is 10.0. The van der Waals surface area contributed by atoms with Gasteiger partial charge in [-0.25, -0.2) is 8.78 Å². The number of rotatable bonds is 7. The minimum Gasteiger partial charge on any atom is -0.390 e. The lowest BCUT2D eigenvalue weighted by molar-refractivity contribution is -0.0366. The van der Waals surface area contributed by atoms with E-state index in [2.05, 4.69) is 0 Å². The Kier molecular flexibility index (Phi) is 6.22. The maximum atomic E-state index is 13.4. The molecule has 0 aliphatic carbocycles. The van der Waals surface area contributed by atoms with E-state index in [9.17, 15) is 13.9 Å². The molecule has 0 amide bonds. The summed E-state index contributed by atoms with van der Waals surface area (Å²) in [6, 6.07) is 3.26. The van der Waals surface area contributed by atoms with Crippen molar-refractivity contribution in [2.75, 3.05) is 6.61 Å². The van der Waals surface area contributed by atoms with Crippen molar-refractivity contribution in [3.05, 3.63) is 35.4 Å². The van der Waals surface area contributed by atoms with Crippen LogP contribution in [0.4, 0.5) is 8.78 Å². The molecule has 0 radical (unpaired) electrons. The molecule has 0 bridgehead atoms. The summed E-state index contributed by atoms with van der Waals surface area (Å²) in [6.07, 6.45) is 0.483. The van der Waals surface area contributed by atoms with Crippen LogP contribution in [0.3, 0.4) is 0 Å². The monoisotopic (exact) mass is 258 g/mol. The van der Waals surface area contributed by atoms with Gasteiger partial charge in [0.2, 0.25) is 0 Å². The average molecular weight is 258 g/mol. The van der Waals surface area contributed by atoms with Crippen LogP contribution in [0.25, 0.3) is 0 Å². The maximum absolute atomic E-state index is 13.4. The molecule has 0 aromatic heterocycles. The van der Waals surface area contributed by atoms with Crippen LogP contribution < -0.4 is 0 Å². The van der Waals surface area contributed by atoms with Crippen LogP contribution >= 0.6 is 0 Å². The van der Waals surface area contributed by atoms with E-state index >= 15 is 0 Å². The molecular weight excluding hydrogens is 238 g/mol. The fraction of sp³-hybridized carbons (Fsp3) is 0.571. The molecule has 0 heterocycles. The third-order valence-electron chi connectivity index (χ3n) is 2.82. The number of hydrogen-bond acceptors (Lipinski definition) is 2. The molecule has 2 nitrogen and oxygen atoms in total. The Balaban J connectivity index is 2.71. The first kappa shape index (κ1) is 15.1. The summed E-state index contributed by atoms with van der Waals surface area (Å²) in [5.74, 6) is -0.996. The summed E-state index contributed by atoms with van der Waals surface area (Å²) in [6.45, 7) is 4.33. The molecule has 102 valence electrons. The molecule has 0 spiro atoms. The van der Waals surface area contributed by atoms with Gasteiger partial charge in [-0.15, -0.1) is 0 Å². The summed E-state index contributed by atoms with van der Waals surface area (Å²) in [5.41, 5.74) is 0.184. The lowest BCUT2D eigenvalue weighted by Gasteiger charge is -2.22. The molecule has 2 atom stereocenters. The second-order valence-corrected chi connectivity index (χ2v) is 4.29. The third kappa shape index (κ3) is 4.35. The average Bonchev–Trinajstić information content (AvgIpc) is 2.33. The third-order valence-corrected chi connectivity index (χ3v) is 2.82. The van der Waals surface area contributed by atoms with Crippen molar-refractivity contribution >= 4 is 0 Å². The van der Waals surface area contributed by atoms with E-state index in [-0.39, 0.29) is 18.1 Å². The van der Waals surface area contributed by atoms with Crippen molar-refractivity contribution in [2.24, 2.45) is 0 Å². The normalized spacial score (nSPS) is 14.5. The van der Waals surface area contributed by atoms with E-state index in [1.165, 1.54) is 0 Å². The molecule has 2 unspecified atom stereocenters. The van der Waals surface area contributed by atoms with E-state index in [4.69, 9.17) is 4.74 Å². The smallest absolute Gasteiger partial charge is 0.126 e. The highest BCUT2D eigenvalue weighted by Crippen LogP contribution is 2.16. The van der Waals surface area contributed by atoms with Gasteiger partial charge in [-0.05, 0) is 37.1 Å². The fourth-order valence-corrected chi connectivity index (χ4v) is 1.94. The topological polar surface area (TPSA) is 29.5 Å². The SMILES string of the molecule is CCCC(OCC)C(O)Cc1cc(F)ccc1F. The van der Waals surface area contributed by atoms with Gasteiger partial charge in [0.05, 0.1) is 12.2 Å². The summed E-state index contributed by atoms with van der Waals surface area (Å²) in [7, 11) is 0. The predicted molar refractivity (Wildman–Crippen MR) is 66.4 cm³/mol. The van der Waals surface area contributed by atoms with Crippen LogP contribution in [-0.2, 0) is 11.2 Å². The Morgan fingerprint density at radius 3 is 2.61 bits per heavy atom. The van der Waals surface area contributed by atoms with Crippen LogP contribution in [0.1, 0.15) is 32.3 Å². The highest BCUT2D eigenvalue weighted by atomic mass is 19.1. The lowest BCUT2D eigenvalue weighted by Crippen LogP contribution is -2.31. The number of aliphatic hydroxyl groups excluding tert-OH is 1. The van der Waals surface area contributed by atoms with Crippen molar-refractivity contribution in [3.8, 4) is 0 Å². The van der Waals surface area contributed by atoms with Gasteiger partial charge in [0, 0.05) is 13.0 Å². The summed E-state index contributed by atoms with van der Waals surface area (Å²) in [4.78, 5) is 0. The largest absolute Gasteiger partial charge is 0.390 e. The zero-order valence-corrected chi connectivity index (χ0v) is 10.8. The fourth-order valence-electron chi connectivity index (χ4n) is 1.94. The standard InChI is InChI=1S/C14H20F2O2/c1-3-5-14(18-4-2)13(17)9-10-8-11(15)6-7-12(10)16/h6-8,13-14,17H,3-5,9H2,1-2H3. The highest BCUT2D eigenvalue weighted by Gasteiger charge is 2.20. The number of hydrogen-bond donors (Lipinski definition) is 1. The van der Waals surface area contributed by atoms with E-state index in [0.29, 0.717) is 13.0 Å². The van der Waals surface area contributed by atoms with E-state index in [0.717, 1.165) is 24.6 Å². The van der Waals surface area contributed by atoms with Crippen LogP contribution in [0.15, 0.2) is 18.2 Å². The van der Waals surface area contributed by atoms with Crippen LogP contribution in [0, 0.1) is 11.6 Å². The number of ether oxygens (including phenoxy) is 1. The molecule has 4 heteroatoms. The first-order valence-electron chi connectivity index (χ1n) is 6.32. The quantitative estimate of drug-likeness (QED) is 0.814. The molecule has 0 aliphatic rings. The molecular formula is C14H20F2O2. The molecule has 1 aromatic rings. The molecule has 0 saturated carbocycles. The Hall–Kier alpha value is -1.00. The van der Waals surface area contributed by atoms with E-state index in [1.54, 1.807) is 0 Å². The molecule has 0 fully saturated rings. The first-order valence-corrected chi connectivity index (χ1v) is 6.32. The van der Waals surface area contributed by atoms with Gasteiger partial charge in [-0.1, -0.05) is 13.3 Å². The van der Waals surface area contributed by atoms with Crippen molar-refractivity contribution in [2.45, 2.75) is 45.3 Å². The zero-order valence-electron chi connectivity index (χ0n) is 10.8. The molecule has 0 aliphatic heterocycles. The summed E-state index contributed by atoms with van der Waals surface area (Å²) >= 11 is 0. The van der Waals surface area contributed by atoms with Gasteiger partial charge in [-0.2, -0.15) is 0 Å². The minimum atomic E-state index is -0.818.